The van der Waals surface area contributed by atoms with E-state index in [0.29, 0.717) is 19.8 Å². The van der Waals surface area contributed by atoms with Crippen LogP contribution in [0.25, 0.3) is 0 Å². The van der Waals surface area contributed by atoms with Crippen molar-refractivity contribution in [2.45, 2.75) is 13.0 Å². The van der Waals surface area contributed by atoms with Crippen LogP contribution >= 0.6 is 11.6 Å². The summed E-state index contributed by atoms with van der Waals surface area (Å²) in [6, 6.07) is 0.124. The molecule has 0 N–H and O–H groups in total. The fourth-order valence-corrected chi connectivity index (χ4v) is 1.24. The average molecular weight is 164 g/mol. The maximum atomic E-state index is 10.6. The van der Waals surface area contributed by atoms with Crippen molar-refractivity contribution in [1.29, 1.82) is 0 Å². The highest BCUT2D eigenvalue weighted by molar-refractivity contribution is 6.62. The third-order valence-electron chi connectivity index (χ3n) is 1.59. The number of morpholine rings is 1. The summed E-state index contributed by atoms with van der Waals surface area (Å²) in [5.74, 6) is 0. The fourth-order valence-electron chi connectivity index (χ4n) is 0.988. The first kappa shape index (κ1) is 7.82. The van der Waals surface area contributed by atoms with Crippen LogP contribution in [0.2, 0.25) is 0 Å². The van der Waals surface area contributed by atoms with Crippen molar-refractivity contribution in [2.24, 2.45) is 0 Å². The Balaban J connectivity index is 2.47. The second kappa shape index (κ2) is 3.21. The highest BCUT2D eigenvalue weighted by Gasteiger charge is 2.21. The second-order valence-electron chi connectivity index (χ2n) is 2.37. The molecular formula is C6H10ClNO2. The number of carbonyl (C=O) groups excluding carboxylic acids is 1. The minimum atomic E-state index is -0.379. The molecule has 3 nitrogen and oxygen atoms in total. The van der Waals surface area contributed by atoms with Crippen molar-refractivity contribution >= 4 is 17.0 Å². The predicted octanol–water partition coefficient (Wildman–Crippen LogP) is 1.07. The van der Waals surface area contributed by atoms with Gasteiger partial charge in [0, 0.05) is 6.54 Å². The van der Waals surface area contributed by atoms with Crippen LogP contribution in [0, 0.1) is 0 Å². The fraction of sp³-hybridized carbons (Fsp3) is 0.833. The number of rotatable bonds is 0. The van der Waals surface area contributed by atoms with Gasteiger partial charge < -0.3 is 9.64 Å². The zero-order chi connectivity index (χ0) is 7.56. The van der Waals surface area contributed by atoms with Crippen molar-refractivity contribution in [2.75, 3.05) is 19.8 Å². The van der Waals surface area contributed by atoms with Gasteiger partial charge in [0.1, 0.15) is 0 Å². The van der Waals surface area contributed by atoms with Gasteiger partial charge in [0.2, 0.25) is 0 Å². The number of ether oxygens (including phenoxy) is 1. The van der Waals surface area contributed by atoms with E-state index in [2.05, 4.69) is 0 Å². The quantitative estimate of drug-likeness (QED) is 0.395. The lowest BCUT2D eigenvalue weighted by Gasteiger charge is -2.31. The molecule has 0 aliphatic carbocycles. The minimum Gasteiger partial charge on any atom is -0.377 e. The summed E-state index contributed by atoms with van der Waals surface area (Å²) in [4.78, 5) is 12.2. The van der Waals surface area contributed by atoms with Gasteiger partial charge in [-0.3, -0.25) is 4.79 Å². The van der Waals surface area contributed by atoms with E-state index < -0.39 is 0 Å². The molecule has 10 heavy (non-hydrogen) atoms. The maximum absolute atomic E-state index is 10.6. The molecule has 58 valence electrons. The SMILES string of the molecule is C[C@@H]1COCCN1C(=O)Cl. The molecule has 1 rings (SSSR count). The van der Waals surface area contributed by atoms with Gasteiger partial charge in [-0.2, -0.15) is 0 Å². The van der Waals surface area contributed by atoms with Gasteiger partial charge in [0.05, 0.1) is 19.3 Å². The molecule has 0 aromatic heterocycles. The third-order valence-corrected chi connectivity index (χ3v) is 1.81. The Morgan fingerprint density at radius 2 is 2.50 bits per heavy atom. The Morgan fingerprint density at radius 1 is 1.80 bits per heavy atom. The first-order valence-corrected chi connectivity index (χ1v) is 3.63. The summed E-state index contributed by atoms with van der Waals surface area (Å²) in [5.41, 5.74) is 0. The molecule has 0 spiro atoms. The minimum absolute atomic E-state index is 0.124. The summed E-state index contributed by atoms with van der Waals surface area (Å²) >= 11 is 5.28. The zero-order valence-electron chi connectivity index (χ0n) is 5.84. The molecule has 1 atom stereocenters. The van der Waals surface area contributed by atoms with E-state index in [1.807, 2.05) is 6.92 Å². The second-order valence-corrected chi connectivity index (χ2v) is 2.69. The van der Waals surface area contributed by atoms with Crippen molar-refractivity contribution in [3.05, 3.63) is 0 Å². The van der Waals surface area contributed by atoms with Crippen molar-refractivity contribution in [3.8, 4) is 0 Å². The van der Waals surface area contributed by atoms with E-state index in [-0.39, 0.29) is 11.4 Å². The standard InChI is InChI=1S/C6H10ClNO2/c1-5-4-10-3-2-8(5)6(7)9/h5H,2-4H2,1H3/t5-/m1/s1. The van der Waals surface area contributed by atoms with Crippen LogP contribution in [-0.4, -0.2) is 36.1 Å². The van der Waals surface area contributed by atoms with E-state index in [1.54, 1.807) is 4.90 Å². The van der Waals surface area contributed by atoms with Gasteiger partial charge >= 0.3 is 5.37 Å². The van der Waals surface area contributed by atoms with Crippen LogP contribution in [0.1, 0.15) is 6.92 Å². The molecule has 1 amide bonds. The first-order valence-electron chi connectivity index (χ1n) is 3.25. The van der Waals surface area contributed by atoms with Crippen LogP contribution < -0.4 is 0 Å². The molecule has 1 heterocycles. The maximum Gasteiger partial charge on any atom is 0.316 e. The predicted molar refractivity (Wildman–Crippen MR) is 38.2 cm³/mol. The zero-order valence-corrected chi connectivity index (χ0v) is 6.60. The molecule has 1 saturated heterocycles. The summed E-state index contributed by atoms with van der Waals surface area (Å²) in [6.07, 6.45) is 0. The average Bonchev–Trinajstić information content (AvgIpc) is 1.88. The van der Waals surface area contributed by atoms with E-state index >= 15 is 0 Å². The lowest BCUT2D eigenvalue weighted by Crippen LogP contribution is -2.44. The van der Waals surface area contributed by atoms with Gasteiger partial charge in [-0.25, -0.2) is 0 Å². The summed E-state index contributed by atoms with van der Waals surface area (Å²) < 4.78 is 5.11. The smallest absolute Gasteiger partial charge is 0.316 e. The molecule has 1 fully saturated rings. The monoisotopic (exact) mass is 163 g/mol. The van der Waals surface area contributed by atoms with Crippen LogP contribution in [0.5, 0.6) is 0 Å². The van der Waals surface area contributed by atoms with Gasteiger partial charge in [0.25, 0.3) is 0 Å². The van der Waals surface area contributed by atoms with Gasteiger partial charge in [0.15, 0.2) is 0 Å². The Labute approximate surface area is 64.9 Å². The number of nitrogens with zero attached hydrogens (tertiary/aromatic N) is 1. The molecule has 0 radical (unpaired) electrons. The van der Waals surface area contributed by atoms with Crippen molar-refractivity contribution in [3.63, 3.8) is 0 Å². The molecule has 0 saturated carbocycles. The van der Waals surface area contributed by atoms with Crippen LogP contribution in [0.4, 0.5) is 4.79 Å². The Kier molecular flexibility index (Phi) is 2.51. The molecule has 0 aromatic rings. The van der Waals surface area contributed by atoms with Crippen LogP contribution in [0.3, 0.4) is 0 Å². The van der Waals surface area contributed by atoms with Crippen LogP contribution in [-0.2, 0) is 4.74 Å². The van der Waals surface area contributed by atoms with Crippen LogP contribution in [0.15, 0.2) is 0 Å². The molecule has 1 aliphatic rings. The summed E-state index contributed by atoms with van der Waals surface area (Å²) in [7, 11) is 0. The number of hydrogen-bond acceptors (Lipinski definition) is 2. The van der Waals surface area contributed by atoms with Gasteiger partial charge in [-0.1, -0.05) is 0 Å². The first-order chi connectivity index (χ1) is 4.72. The number of carbonyl (C=O) groups is 1. The van der Waals surface area contributed by atoms with E-state index in [9.17, 15) is 4.79 Å². The van der Waals surface area contributed by atoms with Crippen molar-refractivity contribution in [1.82, 2.24) is 4.90 Å². The molecule has 1 aliphatic heterocycles. The van der Waals surface area contributed by atoms with Gasteiger partial charge in [-0.05, 0) is 18.5 Å². The lowest BCUT2D eigenvalue weighted by molar-refractivity contribution is 0.0246. The number of hydrogen-bond donors (Lipinski definition) is 0. The molecular weight excluding hydrogens is 154 g/mol. The Hall–Kier alpha value is -0.280. The topological polar surface area (TPSA) is 29.5 Å². The molecule has 0 bridgehead atoms. The Morgan fingerprint density at radius 3 is 2.90 bits per heavy atom. The molecule has 4 heteroatoms. The lowest BCUT2D eigenvalue weighted by atomic mass is 10.3. The van der Waals surface area contributed by atoms with E-state index in [1.165, 1.54) is 0 Å². The number of halogens is 1. The molecule has 0 unspecified atom stereocenters. The van der Waals surface area contributed by atoms with Crippen molar-refractivity contribution < 1.29 is 9.53 Å². The highest BCUT2D eigenvalue weighted by Crippen LogP contribution is 2.08. The summed E-state index contributed by atoms with van der Waals surface area (Å²) in [5, 5.41) is -0.379. The largest absolute Gasteiger partial charge is 0.377 e. The van der Waals surface area contributed by atoms with E-state index in [4.69, 9.17) is 16.3 Å². The third kappa shape index (κ3) is 1.61. The Bertz CT molecular complexity index is 140. The highest BCUT2D eigenvalue weighted by atomic mass is 35.5. The van der Waals surface area contributed by atoms with Gasteiger partial charge in [-0.15, -0.1) is 0 Å². The molecule has 0 aromatic carbocycles. The van der Waals surface area contributed by atoms with E-state index in [0.717, 1.165) is 0 Å². The summed E-state index contributed by atoms with van der Waals surface area (Å²) in [6.45, 7) is 3.73. The number of amides is 1. The normalized spacial score (nSPS) is 26.6.